The summed E-state index contributed by atoms with van der Waals surface area (Å²) in [4.78, 5) is 0. The molecular formula is C8H18BrN. The van der Waals surface area contributed by atoms with E-state index >= 15 is 0 Å². The molecule has 0 aromatic carbocycles. The minimum Gasteiger partial charge on any atom is -0.310 e. The summed E-state index contributed by atoms with van der Waals surface area (Å²) in [5.74, 6) is 0. The van der Waals surface area contributed by atoms with Crippen molar-refractivity contribution in [3.8, 4) is 0 Å². The lowest BCUT2D eigenvalue weighted by Gasteiger charge is -2.27. The normalized spacial score (nSPS) is 12.6. The first-order valence-corrected chi connectivity index (χ1v) is 4.94. The molecule has 62 valence electrons. The fraction of sp³-hybridized carbons (Fsp3) is 1.00. The minimum atomic E-state index is 0.275. The van der Waals surface area contributed by atoms with Gasteiger partial charge >= 0.3 is 0 Å². The van der Waals surface area contributed by atoms with Crippen LogP contribution in [0.4, 0.5) is 0 Å². The zero-order chi connectivity index (χ0) is 8.20. The van der Waals surface area contributed by atoms with Crippen molar-refractivity contribution in [1.29, 1.82) is 0 Å². The lowest BCUT2D eigenvalue weighted by molar-refractivity contribution is 0.348. The molecule has 10 heavy (non-hydrogen) atoms. The van der Waals surface area contributed by atoms with Crippen LogP contribution in [0.15, 0.2) is 0 Å². The molecule has 0 atom stereocenters. The molecule has 0 aliphatic heterocycles. The Balaban J connectivity index is 3.63. The van der Waals surface area contributed by atoms with E-state index < -0.39 is 0 Å². The summed E-state index contributed by atoms with van der Waals surface area (Å²) < 4.78 is 0. The van der Waals surface area contributed by atoms with E-state index in [0.717, 1.165) is 5.33 Å². The summed E-state index contributed by atoms with van der Waals surface area (Å²) in [6.45, 7) is 8.81. The summed E-state index contributed by atoms with van der Waals surface area (Å²) in [7, 11) is 0. The van der Waals surface area contributed by atoms with Gasteiger partial charge in [-0.15, -0.1) is 0 Å². The van der Waals surface area contributed by atoms with Gasteiger partial charge in [-0.25, -0.2) is 0 Å². The molecule has 0 rings (SSSR count). The van der Waals surface area contributed by atoms with Gasteiger partial charge in [-0.1, -0.05) is 29.8 Å². The van der Waals surface area contributed by atoms with E-state index in [-0.39, 0.29) is 5.54 Å². The smallest absolute Gasteiger partial charge is 0.0135 e. The molecule has 0 bridgehead atoms. The number of rotatable bonds is 4. The molecule has 0 heterocycles. The van der Waals surface area contributed by atoms with E-state index in [4.69, 9.17) is 0 Å². The molecule has 0 fully saturated rings. The fourth-order valence-corrected chi connectivity index (χ4v) is 2.08. The highest BCUT2D eigenvalue weighted by molar-refractivity contribution is 9.09. The molecule has 0 aromatic rings. The molecule has 0 saturated heterocycles. The second-order valence-electron chi connectivity index (χ2n) is 3.62. The second kappa shape index (κ2) is 4.35. The van der Waals surface area contributed by atoms with Crippen LogP contribution in [0.3, 0.4) is 0 Å². The molecule has 0 aromatic heterocycles. The molecule has 0 aliphatic rings. The maximum atomic E-state index is 3.49. The zero-order valence-corrected chi connectivity index (χ0v) is 8.96. The van der Waals surface area contributed by atoms with Crippen LogP contribution >= 0.6 is 15.9 Å². The van der Waals surface area contributed by atoms with Gasteiger partial charge < -0.3 is 5.32 Å². The van der Waals surface area contributed by atoms with Crippen molar-refractivity contribution in [2.75, 3.05) is 5.33 Å². The average molecular weight is 208 g/mol. The van der Waals surface area contributed by atoms with E-state index in [1.54, 1.807) is 0 Å². The van der Waals surface area contributed by atoms with E-state index in [9.17, 15) is 0 Å². The van der Waals surface area contributed by atoms with Gasteiger partial charge in [-0.3, -0.25) is 0 Å². The van der Waals surface area contributed by atoms with Crippen LogP contribution in [0.2, 0.25) is 0 Å². The number of halogens is 1. The van der Waals surface area contributed by atoms with Crippen LogP contribution in [0.5, 0.6) is 0 Å². The molecule has 1 nitrogen and oxygen atoms in total. The van der Waals surface area contributed by atoms with Crippen LogP contribution in [0, 0.1) is 0 Å². The predicted octanol–water partition coefficient (Wildman–Crippen LogP) is 2.55. The highest BCUT2D eigenvalue weighted by atomic mass is 79.9. The van der Waals surface area contributed by atoms with Gasteiger partial charge in [0, 0.05) is 16.9 Å². The van der Waals surface area contributed by atoms with Crippen molar-refractivity contribution in [2.24, 2.45) is 0 Å². The Morgan fingerprint density at radius 1 is 1.40 bits per heavy atom. The van der Waals surface area contributed by atoms with E-state index in [2.05, 4.69) is 48.9 Å². The molecule has 0 aliphatic carbocycles. The summed E-state index contributed by atoms with van der Waals surface area (Å²) in [5.41, 5.74) is 0.275. The first-order chi connectivity index (χ1) is 4.48. The third-order valence-corrected chi connectivity index (χ3v) is 1.80. The van der Waals surface area contributed by atoms with Crippen molar-refractivity contribution >= 4 is 15.9 Å². The van der Waals surface area contributed by atoms with Crippen LogP contribution in [0.1, 0.15) is 34.1 Å². The SMILES string of the molecule is CC(C)NC(C)(C)CCBr. The van der Waals surface area contributed by atoms with Gasteiger partial charge in [-0.2, -0.15) is 0 Å². The minimum absolute atomic E-state index is 0.275. The van der Waals surface area contributed by atoms with Crippen molar-refractivity contribution in [2.45, 2.75) is 45.7 Å². The zero-order valence-electron chi connectivity index (χ0n) is 7.37. The van der Waals surface area contributed by atoms with Gasteiger partial charge in [0.15, 0.2) is 0 Å². The average Bonchev–Trinajstić information content (AvgIpc) is 1.59. The lowest BCUT2D eigenvalue weighted by Crippen LogP contribution is -2.43. The first kappa shape index (κ1) is 10.4. The number of hydrogen-bond donors (Lipinski definition) is 1. The Morgan fingerprint density at radius 2 is 1.90 bits per heavy atom. The highest BCUT2D eigenvalue weighted by Gasteiger charge is 2.16. The molecule has 0 saturated carbocycles. The quantitative estimate of drug-likeness (QED) is 0.700. The maximum absolute atomic E-state index is 3.49. The highest BCUT2D eigenvalue weighted by Crippen LogP contribution is 2.10. The molecule has 0 spiro atoms. The first-order valence-electron chi connectivity index (χ1n) is 3.81. The monoisotopic (exact) mass is 207 g/mol. The fourth-order valence-electron chi connectivity index (χ4n) is 1.09. The van der Waals surface area contributed by atoms with E-state index in [0.29, 0.717) is 6.04 Å². The van der Waals surface area contributed by atoms with Crippen LogP contribution in [-0.4, -0.2) is 16.9 Å². The summed E-state index contributed by atoms with van der Waals surface area (Å²) >= 11 is 3.44. The topological polar surface area (TPSA) is 12.0 Å². The Labute approximate surface area is 72.7 Å². The number of hydrogen-bond acceptors (Lipinski definition) is 1. The second-order valence-corrected chi connectivity index (χ2v) is 4.41. The maximum Gasteiger partial charge on any atom is 0.0135 e. The van der Waals surface area contributed by atoms with Crippen LogP contribution in [0.25, 0.3) is 0 Å². The standard InChI is InChI=1S/C8H18BrN/c1-7(2)10-8(3,4)5-6-9/h7,10H,5-6H2,1-4H3. The summed E-state index contributed by atoms with van der Waals surface area (Å²) in [5, 5.41) is 4.56. The van der Waals surface area contributed by atoms with Gasteiger partial charge in [0.05, 0.1) is 0 Å². The molecule has 1 N–H and O–H groups in total. The third-order valence-electron chi connectivity index (χ3n) is 1.40. The Hall–Kier alpha value is 0.440. The Bertz CT molecular complexity index is 89.3. The molecule has 0 amide bonds. The number of alkyl halides is 1. The van der Waals surface area contributed by atoms with E-state index in [1.807, 2.05) is 0 Å². The lowest BCUT2D eigenvalue weighted by atomic mass is 10.0. The van der Waals surface area contributed by atoms with Crippen molar-refractivity contribution in [1.82, 2.24) is 5.32 Å². The summed E-state index contributed by atoms with van der Waals surface area (Å²) in [6, 6.07) is 0.578. The van der Waals surface area contributed by atoms with Crippen LogP contribution in [-0.2, 0) is 0 Å². The Kier molecular flexibility index (Phi) is 4.54. The van der Waals surface area contributed by atoms with Crippen LogP contribution < -0.4 is 5.32 Å². The van der Waals surface area contributed by atoms with Gasteiger partial charge in [0.1, 0.15) is 0 Å². The van der Waals surface area contributed by atoms with Gasteiger partial charge in [-0.05, 0) is 20.3 Å². The van der Waals surface area contributed by atoms with E-state index in [1.165, 1.54) is 6.42 Å². The van der Waals surface area contributed by atoms with Gasteiger partial charge in [0.25, 0.3) is 0 Å². The third kappa shape index (κ3) is 5.24. The van der Waals surface area contributed by atoms with Crippen molar-refractivity contribution in [3.05, 3.63) is 0 Å². The summed E-state index contributed by atoms with van der Waals surface area (Å²) in [6.07, 6.45) is 1.17. The Morgan fingerprint density at radius 3 is 2.20 bits per heavy atom. The van der Waals surface area contributed by atoms with Gasteiger partial charge in [0.2, 0.25) is 0 Å². The number of nitrogens with one attached hydrogen (secondary N) is 1. The van der Waals surface area contributed by atoms with Crippen molar-refractivity contribution < 1.29 is 0 Å². The predicted molar refractivity (Wildman–Crippen MR) is 50.8 cm³/mol. The van der Waals surface area contributed by atoms with Crippen molar-refractivity contribution in [3.63, 3.8) is 0 Å². The molecule has 0 radical (unpaired) electrons. The largest absolute Gasteiger partial charge is 0.310 e. The molecule has 0 unspecified atom stereocenters. The molecule has 2 heteroatoms. The molecular weight excluding hydrogens is 190 g/mol.